The summed E-state index contributed by atoms with van der Waals surface area (Å²) in [6, 6.07) is 3.59. The number of pyridine rings is 1. The number of hydrogen-bond acceptors (Lipinski definition) is 9. The summed E-state index contributed by atoms with van der Waals surface area (Å²) >= 11 is 6.69. The standard InChI is InChI=1S/C34H43ClFN7O3/c35-27-17-23(37)16-25-24(27)5-1-2-6-28(44)38-10-7-22-4-3-11-43(19-22)32-26-18-39-30(25)29(36)31(26)40-33(41-32)46-21-34(8-9-34)20-42-12-14-45-15-13-42/h16-18,22H,1-15,19-21,37H2,(H,38,44). The van der Waals surface area contributed by atoms with E-state index in [0.29, 0.717) is 72.2 Å². The first-order valence-electron chi connectivity index (χ1n) is 16.8. The Hall–Kier alpha value is -3.28. The van der Waals surface area contributed by atoms with E-state index >= 15 is 4.39 Å². The van der Waals surface area contributed by atoms with Gasteiger partial charge in [-0.15, -0.1) is 0 Å². The van der Waals surface area contributed by atoms with Gasteiger partial charge in [-0.3, -0.25) is 14.7 Å². The number of nitrogens with one attached hydrogen (secondary N) is 1. The number of nitrogens with zero attached hydrogens (tertiary/aromatic N) is 5. The van der Waals surface area contributed by atoms with Gasteiger partial charge in [-0.2, -0.15) is 9.97 Å². The number of piperidine rings is 1. The van der Waals surface area contributed by atoms with Crippen LogP contribution in [-0.2, 0) is 16.0 Å². The highest BCUT2D eigenvalue weighted by Crippen LogP contribution is 2.47. The van der Waals surface area contributed by atoms with Crippen LogP contribution in [0.1, 0.15) is 56.9 Å². The number of anilines is 2. The van der Waals surface area contributed by atoms with E-state index in [1.807, 2.05) is 0 Å². The molecule has 8 rings (SSSR count). The monoisotopic (exact) mass is 651 g/mol. The SMILES string of the molecule is Nc1cc(Cl)c2c(c1)-c1ncc3c(nc(OCC4(CN5CCOCC5)CC4)nc3c1F)N1CCCC(CCNC(=O)CCCC2)C1. The highest BCUT2D eigenvalue weighted by Gasteiger charge is 2.45. The molecule has 0 spiro atoms. The lowest BCUT2D eigenvalue weighted by atomic mass is 9.94. The van der Waals surface area contributed by atoms with Gasteiger partial charge < -0.3 is 25.4 Å². The molecule has 1 unspecified atom stereocenters. The van der Waals surface area contributed by atoms with E-state index in [0.717, 1.165) is 83.6 Å². The Morgan fingerprint density at radius 2 is 1.93 bits per heavy atom. The normalized spacial score (nSPS) is 22.3. The van der Waals surface area contributed by atoms with Gasteiger partial charge in [0.2, 0.25) is 5.91 Å². The van der Waals surface area contributed by atoms with E-state index in [1.165, 1.54) is 0 Å². The van der Waals surface area contributed by atoms with Gasteiger partial charge in [-0.1, -0.05) is 11.6 Å². The number of aromatic nitrogens is 3. The number of morpholine rings is 1. The van der Waals surface area contributed by atoms with Crippen LogP contribution >= 0.6 is 11.6 Å². The smallest absolute Gasteiger partial charge is 0.319 e. The summed E-state index contributed by atoms with van der Waals surface area (Å²) in [5.41, 5.74) is 8.31. The number of amides is 1. The molecule has 46 heavy (non-hydrogen) atoms. The topological polar surface area (TPSA) is 119 Å². The Kier molecular flexibility index (Phi) is 9.16. The molecule has 0 radical (unpaired) electrons. The molecule has 10 nitrogen and oxygen atoms in total. The van der Waals surface area contributed by atoms with Crippen LogP contribution in [0.3, 0.4) is 0 Å². The van der Waals surface area contributed by atoms with Crippen LogP contribution < -0.4 is 20.7 Å². The van der Waals surface area contributed by atoms with Gasteiger partial charge in [-0.05, 0) is 75.0 Å². The van der Waals surface area contributed by atoms with Crippen molar-refractivity contribution in [3.8, 4) is 17.3 Å². The molecule has 2 saturated heterocycles. The highest BCUT2D eigenvalue weighted by molar-refractivity contribution is 6.32. The highest BCUT2D eigenvalue weighted by atomic mass is 35.5. The van der Waals surface area contributed by atoms with Crippen LogP contribution in [0.2, 0.25) is 5.02 Å². The van der Waals surface area contributed by atoms with Crippen LogP contribution in [0.4, 0.5) is 15.9 Å². The molecule has 246 valence electrons. The average Bonchev–Trinajstić information content (AvgIpc) is 3.82. The number of carbonyl (C=O) groups is 1. The second kappa shape index (κ2) is 13.4. The molecule has 1 saturated carbocycles. The Labute approximate surface area is 274 Å². The fourth-order valence-corrected chi connectivity index (χ4v) is 7.52. The first-order chi connectivity index (χ1) is 22.4. The van der Waals surface area contributed by atoms with Crippen molar-refractivity contribution in [1.29, 1.82) is 0 Å². The fraction of sp³-hybridized carbons (Fsp3) is 0.588. The lowest BCUT2D eigenvalue weighted by Crippen LogP contribution is -2.41. The molecule has 1 aliphatic carbocycles. The summed E-state index contributed by atoms with van der Waals surface area (Å²) < 4.78 is 28.7. The number of hydrogen-bond donors (Lipinski definition) is 2. The Morgan fingerprint density at radius 3 is 2.76 bits per heavy atom. The number of halogens is 2. The molecule has 1 atom stereocenters. The van der Waals surface area contributed by atoms with Gasteiger partial charge in [0.15, 0.2) is 5.82 Å². The van der Waals surface area contributed by atoms with Crippen molar-refractivity contribution in [2.45, 2.75) is 57.8 Å². The maximum absolute atomic E-state index is 16.8. The van der Waals surface area contributed by atoms with Crippen LogP contribution in [0, 0.1) is 17.2 Å². The Morgan fingerprint density at radius 1 is 1.11 bits per heavy atom. The summed E-state index contributed by atoms with van der Waals surface area (Å²) in [6.07, 6.45) is 9.17. The maximum Gasteiger partial charge on any atom is 0.319 e. The fourth-order valence-electron chi connectivity index (χ4n) is 7.20. The number of rotatable bonds is 5. The van der Waals surface area contributed by atoms with Crippen molar-refractivity contribution < 1.29 is 18.7 Å². The molecule has 4 aliphatic heterocycles. The molecule has 2 aromatic heterocycles. The van der Waals surface area contributed by atoms with Crippen molar-refractivity contribution in [3.05, 3.63) is 34.7 Å². The second-order valence-electron chi connectivity index (χ2n) is 13.5. The molecule has 5 aliphatic rings. The minimum absolute atomic E-state index is 0.0522. The molecule has 1 aromatic carbocycles. The minimum atomic E-state index is -0.544. The van der Waals surface area contributed by atoms with Gasteiger partial charge >= 0.3 is 6.01 Å². The zero-order chi connectivity index (χ0) is 31.7. The predicted octanol–water partition coefficient (Wildman–Crippen LogP) is 5.01. The predicted molar refractivity (Wildman–Crippen MR) is 177 cm³/mol. The van der Waals surface area contributed by atoms with Gasteiger partial charge in [-0.25, -0.2) is 4.39 Å². The largest absolute Gasteiger partial charge is 0.463 e. The van der Waals surface area contributed by atoms with Crippen molar-refractivity contribution in [3.63, 3.8) is 0 Å². The number of benzene rings is 1. The van der Waals surface area contributed by atoms with Gasteiger partial charge in [0.1, 0.15) is 17.0 Å². The molecular weight excluding hydrogens is 609 g/mol. The van der Waals surface area contributed by atoms with Gasteiger partial charge in [0, 0.05) is 73.6 Å². The molecule has 6 bridgehead atoms. The Bertz CT molecular complexity index is 1600. The molecule has 3 fully saturated rings. The van der Waals surface area contributed by atoms with E-state index in [4.69, 9.17) is 36.8 Å². The number of nitrogens with two attached hydrogens (primary N) is 1. The third-order valence-corrected chi connectivity index (χ3v) is 10.4. The molecule has 1 amide bonds. The molecule has 3 N–H and O–H groups in total. The zero-order valence-electron chi connectivity index (χ0n) is 26.3. The van der Waals surface area contributed by atoms with E-state index in [9.17, 15) is 4.79 Å². The number of nitrogen functional groups attached to an aromatic ring is 1. The average molecular weight is 652 g/mol. The zero-order valence-corrected chi connectivity index (χ0v) is 27.1. The lowest BCUT2D eigenvalue weighted by Gasteiger charge is -2.34. The Balaban J connectivity index is 1.28. The molecule has 6 heterocycles. The molecule has 3 aromatic rings. The number of ether oxygens (including phenoxy) is 2. The number of fused-ring (bicyclic) bond motifs is 8. The van der Waals surface area contributed by atoms with Crippen molar-refractivity contribution >= 4 is 39.9 Å². The second-order valence-corrected chi connectivity index (χ2v) is 13.9. The van der Waals surface area contributed by atoms with Gasteiger partial charge in [0.25, 0.3) is 0 Å². The van der Waals surface area contributed by atoms with E-state index in [2.05, 4.69) is 20.1 Å². The van der Waals surface area contributed by atoms with Crippen LogP contribution in [-0.4, -0.2) is 84.8 Å². The maximum atomic E-state index is 16.8. The van der Waals surface area contributed by atoms with Crippen LogP contribution in [0.15, 0.2) is 18.3 Å². The van der Waals surface area contributed by atoms with Crippen LogP contribution in [0.5, 0.6) is 6.01 Å². The third kappa shape index (κ3) is 6.87. The molecular formula is C34H43ClFN7O3. The third-order valence-electron chi connectivity index (χ3n) is 10.0. The first kappa shape index (κ1) is 31.3. The minimum Gasteiger partial charge on any atom is -0.463 e. The van der Waals surface area contributed by atoms with Crippen molar-refractivity contribution in [2.24, 2.45) is 11.3 Å². The molecule has 12 heteroatoms. The summed E-state index contributed by atoms with van der Waals surface area (Å²) in [7, 11) is 0. The number of carbonyl (C=O) groups excluding carboxylic acids is 1. The van der Waals surface area contributed by atoms with E-state index in [1.54, 1.807) is 18.3 Å². The van der Waals surface area contributed by atoms with E-state index in [-0.39, 0.29) is 28.5 Å². The summed E-state index contributed by atoms with van der Waals surface area (Å²) in [5, 5.41) is 4.12. The lowest BCUT2D eigenvalue weighted by molar-refractivity contribution is -0.121. The summed E-state index contributed by atoms with van der Waals surface area (Å²) in [6.45, 7) is 6.96. The quantitative estimate of drug-likeness (QED) is 0.367. The van der Waals surface area contributed by atoms with Crippen LogP contribution in [0.25, 0.3) is 22.2 Å². The van der Waals surface area contributed by atoms with Gasteiger partial charge in [0.05, 0.1) is 25.2 Å². The van der Waals surface area contributed by atoms with Crippen molar-refractivity contribution in [2.75, 3.05) is 69.7 Å². The summed E-state index contributed by atoms with van der Waals surface area (Å²) in [5.74, 6) is 0.523. The van der Waals surface area contributed by atoms with Crippen molar-refractivity contribution in [1.82, 2.24) is 25.2 Å². The first-order valence-corrected chi connectivity index (χ1v) is 17.1. The van der Waals surface area contributed by atoms with E-state index < -0.39 is 5.82 Å². The summed E-state index contributed by atoms with van der Waals surface area (Å²) in [4.78, 5) is 31.5.